The van der Waals surface area contributed by atoms with Crippen LogP contribution in [0.3, 0.4) is 0 Å². The molecule has 1 aromatic carbocycles. The van der Waals surface area contributed by atoms with Crippen LogP contribution in [0, 0.1) is 0 Å². The highest BCUT2D eigenvalue weighted by Gasteiger charge is 2.22. The second-order valence-electron chi connectivity index (χ2n) is 4.05. The van der Waals surface area contributed by atoms with Gasteiger partial charge in [0.1, 0.15) is 5.75 Å². The van der Waals surface area contributed by atoms with Gasteiger partial charge < -0.3 is 14.8 Å². The predicted octanol–water partition coefficient (Wildman–Crippen LogP) is 1.35. The van der Waals surface area contributed by atoms with E-state index in [0.717, 1.165) is 0 Å². The molecule has 0 aliphatic heterocycles. The molecule has 6 heteroatoms. The molecule has 108 valence electrons. The third-order valence-electron chi connectivity index (χ3n) is 2.34. The van der Waals surface area contributed by atoms with Gasteiger partial charge in [0.25, 0.3) is 0 Å². The Balaban J connectivity index is 2.92. The third-order valence-corrected chi connectivity index (χ3v) is 2.34. The van der Waals surface area contributed by atoms with Gasteiger partial charge in [0.05, 0.1) is 6.61 Å². The van der Waals surface area contributed by atoms with Crippen molar-refractivity contribution in [1.29, 1.82) is 0 Å². The summed E-state index contributed by atoms with van der Waals surface area (Å²) in [4.78, 5) is 33.8. The molecule has 0 aliphatic rings. The first-order valence-corrected chi connectivity index (χ1v) is 6.16. The second-order valence-corrected chi connectivity index (χ2v) is 4.05. The fraction of sp³-hybridized carbons (Fsp3) is 0.357. The summed E-state index contributed by atoms with van der Waals surface area (Å²) in [6.07, 6.45) is 0. The molecule has 0 heterocycles. The van der Waals surface area contributed by atoms with Gasteiger partial charge in [-0.1, -0.05) is 12.1 Å². The number of amides is 1. The lowest BCUT2D eigenvalue weighted by Gasteiger charge is -2.16. The molecule has 0 saturated heterocycles. The van der Waals surface area contributed by atoms with E-state index in [1.807, 2.05) is 0 Å². The molecule has 6 nitrogen and oxygen atoms in total. The largest absolute Gasteiger partial charge is 0.464 e. The smallest absolute Gasteiger partial charge is 0.333 e. The van der Waals surface area contributed by atoms with Gasteiger partial charge in [-0.15, -0.1) is 0 Å². The first-order valence-electron chi connectivity index (χ1n) is 6.16. The minimum absolute atomic E-state index is 0.223. The van der Waals surface area contributed by atoms with Crippen LogP contribution < -0.4 is 10.1 Å². The molecule has 20 heavy (non-hydrogen) atoms. The Morgan fingerprint density at radius 2 is 1.75 bits per heavy atom. The summed E-state index contributed by atoms with van der Waals surface area (Å²) in [7, 11) is 0. The van der Waals surface area contributed by atoms with Crippen LogP contribution in [0.2, 0.25) is 0 Å². The first-order chi connectivity index (χ1) is 9.43. The molecule has 1 aromatic rings. The van der Waals surface area contributed by atoms with Gasteiger partial charge in [0, 0.05) is 13.8 Å². The number of hydrogen-bond donors (Lipinski definition) is 1. The minimum atomic E-state index is -0.876. The van der Waals surface area contributed by atoms with E-state index in [2.05, 4.69) is 5.32 Å². The van der Waals surface area contributed by atoms with Crippen molar-refractivity contribution in [2.75, 3.05) is 6.61 Å². The molecule has 1 unspecified atom stereocenters. The standard InChI is InChI=1S/C14H17NO5/c1-4-19-14(18)13(15-9(2)16)11-5-7-12(8-6-11)20-10(3)17/h5-8,13H,4H2,1-3H3,(H,15,16). The zero-order valence-corrected chi connectivity index (χ0v) is 11.6. The molecule has 0 aliphatic carbocycles. The topological polar surface area (TPSA) is 81.7 Å². The molecule has 0 bridgehead atoms. The van der Waals surface area contributed by atoms with E-state index >= 15 is 0 Å². The van der Waals surface area contributed by atoms with E-state index in [9.17, 15) is 14.4 Å². The van der Waals surface area contributed by atoms with Crippen LogP contribution in [0.1, 0.15) is 32.4 Å². The van der Waals surface area contributed by atoms with Gasteiger partial charge in [-0.3, -0.25) is 9.59 Å². The Kier molecular flexibility index (Phi) is 5.71. The van der Waals surface area contributed by atoms with Crippen LogP contribution in [0.25, 0.3) is 0 Å². The van der Waals surface area contributed by atoms with Gasteiger partial charge in [-0.05, 0) is 24.6 Å². The van der Waals surface area contributed by atoms with E-state index in [4.69, 9.17) is 9.47 Å². The molecular formula is C14H17NO5. The zero-order valence-electron chi connectivity index (χ0n) is 11.6. The van der Waals surface area contributed by atoms with E-state index in [1.165, 1.54) is 13.8 Å². The number of hydrogen-bond acceptors (Lipinski definition) is 5. The summed E-state index contributed by atoms with van der Waals surface area (Å²) in [5.74, 6) is -0.941. The fourth-order valence-electron chi connectivity index (χ4n) is 1.60. The molecule has 0 aromatic heterocycles. The summed E-state index contributed by atoms with van der Waals surface area (Å²) in [6, 6.07) is 5.40. The molecule has 1 amide bonds. The number of esters is 2. The Hall–Kier alpha value is -2.37. The third kappa shape index (κ3) is 4.72. The highest BCUT2D eigenvalue weighted by molar-refractivity contribution is 5.84. The fourth-order valence-corrected chi connectivity index (χ4v) is 1.60. The number of carbonyl (C=O) groups is 3. The van der Waals surface area contributed by atoms with Crippen molar-refractivity contribution >= 4 is 17.8 Å². The molecule has 0 fully saturated rings. The van der Waals surface area contributed by atoms with Gasteiger partial charge >= 0.3 is 11.9 Å². The van der Waals surface area contributed by atoms with E-state index in [0.29, 0.717) is 11.3 Å². The number of nitrogens with one attached hydrogen (secondary N) is 1. The number of rotatable bonds is 5. The lowest BCUT2D eigenvalue weighted by molar-refractivity contribution is -0.147. The van der Waals surface area contributed by atoms with Crippen LogP contribution in [0.4, 0.5) is 0 Å². The number of carbonyl (C=O) groups excluding carboxylic acids is 3. The lowest BCUT2D eigenvalue weighted by atomic mass is 10.1. The Labute approximate surface area is 117 Å². The van der Waals surface area contributed by atoms with Crippen LogP contribution in [-0.2, 0) is 19.1 Å². The lowest BCUT2D eigenvalue weighted by Crippen LogP contribution is -2.33. The van der Waals surface area contributed by atoms with Gasteiger partial charge in [-0.2, -0.15) is 0 Å². The number of ether oxygens (including phenoxy) is 2. The molecule has 0 spiro atoms. The predicted molar refractivity (Wildman–Crippen MR) is 70.9 cm³/mol. The Morgan fingerprint density at radius 1 is 1.15 bits per heavy atom. The van der Waals surface area contributed by atoms with Crippen molar-refractivity contribution in [3.05, 3.63) is 29.8 Å². The van der Waals surface area contributed by atoms with Gasteiger partial charge in [-0.25, -0.2) is 4.79 Å². The van der Waals surface area contributed by atoms with Crippen molar-refractivity contribution in [3.63, 3.8) is 0 Å². The SMILES string of the molecule is CCOC(=O)C(NC(C)=O)c1ccc(OC(C)=O)cc1. The molecule has 1 rings (SSSR count). The van der Waals surface area contributed by atoms with Gasteiger partial charge in [0.15, 0.2) is 6.04 Å². The van der Waals surface area contributed by atoms with Crippen LogP contribution >= 0.6 is 0 Å². The maximum Gasteiger partial charge on any atom is 0.333 e. The van der Waals surface area contributed by atoms with Crippen molar-refractivity contribution in [2.24, 2.45) is 0 Å². The average Bonchev–Trinajstić information content (AvgIpc) is 2.36. The van der Waals surface area contributed by atoms with Crippen molar-refractivity contribution in [1.82, 2.24) is 5.32 Å². The summed E-state index contributed by atoms with van der Waals surface area (Å²) < 4.78 is 9.81. The highest BCUT2D eigenvalue weighted by Crippen LogP contribution is 2.19. The highest BCUT2D eigenvalue weighted by atomic mass is 16.5. The summed E-state index contributed by atoms with van der Waals surface area (Å²) in [6.45, 7) is 4.53. The van der Waals surface area contributed by atoms with E-state index < -0.39 is 18.0 Å². The van der Waals surface area contributed by atoms with Gasteiger partial charge in [0.2, 0.25) is 5.91 Å². The molecular weight excluding hydrogens is 262 g/mol. The van der Waals surface area contributed by atoms with Crippen LogP contribution in [0.5, 0.6) is 5.75 Å². The number of benzene rings is 1. The monoisotopic (exact) mass is 279 g/mol. The summed E-state index contributed by atoms with van der Waals surface area (Å²) >= 11 is 0. The molecule has 1 N–H and O–H groups in total. The van der Waals surface area contributed by atoms with Crippen LogP contribution in [-0.4, -0.2) is 24.5 Å². The maximum absolute atomic E-state index is 11.8. The van der Waals surface area contributed by atoms with Crippen molar-refractivity contribution in [2.45, 2.75) is 26.8 Å². The Morgan fingerprint density at radius 3 is 2.20 bits per heavy atom. The first kappa shape index (κ1) is 15.7. The quantitative estimate of drug-likeness (QED) is 0.650. The normalized spacial score (nSPS) is 11.3. The summed E-state index contributed by atoms with van der Waals surface area (Å²) in [5.41, 5.74) is 0.551. The van der Waals surface area contributed by atoms with Crippen molar-refractivity contribution < 1.29 is 23.9 Å². The Bertz CT molecular complexity index is 495. The maximum atomic E-state index is 11.8. The summed E-state index contributed by atoms with van der Waals surface area (Å²) in [5, 5.41) is 2.52. The molecule has 1 atom stereocenters. The molecule has 0 saturated carbocycles. The van der Waals surface area contributed by atoms with E-state index in [-0.39, 0.29) is 12.5 Å². The second kappa shape index (κ2) is 7.28. The molecule has 0 radical (unpaired) electrons. The average molecular weight is 279 g/mol. The van der Waals surface area contributed by atoms with Crippen LogP contribution in [0.15, 0.2) is 24.3 Å². The zero-order chi connectivity index (χ0) is 15.1. The van der Waals surface area contributed by atoms with Crippen molar-refractivity contribution in [3.8, 4) is 5.75 Å². The van der Waals surface area contributed by atoms with E-state index in [1.54, 1.807) is 31.2 Å². The minimum Gasteiger partial charge on any atom is -0.464 e.